The number of hydrogen-bond donors (Lipinski definition) is 3. The summed E-state index contributed by atoms with van der Waals surface area (Å²) in [4.78, 5) is 48.0. The first kappa shape index (κ1) is 26.5. The predicted molar refractivity (Wildman–Crippen MR) is 162 cm³/mol. The van der Waals surface area contributed by atoms with Crippen LogP contribution in [0, 0.1) is 0 Å². The lowest BCUT2D eigenvalue weighted by Crippen LogP contribution is -2.42. The van der Waals surface area contributed by atoms with Crippen molar-refractivity contribution in [3.63, 3.8) is 0 Å². The minimum atomic E-state index is -1.13. The van der Waals surface area contributed by atoms with Gasteiger partial charge in [0.1, 0.15) is 17.6 Å². The number of carbonyl (C=O) groups is 3. The Labute approximate surface area is 241 Å². The molecule has 2 amide bonds. The first-order chi connectivity index (χ1) is 20.5. The number of carbonyl (C=O) groups excluding carboxylic acids is 2. The molecule has 0 saturated carbocycles. The molecule has 206 valence electrons. The number of nitrogens with zero attached hydrogens (tertiary/aromatic N) is 2. The lowest BCUT2D eigenvalue weighted by Gasteiger charge is -2.19. The van der Waals surface area contributed by atoms with Crippen molar-refractivity contribution >= 4 is 46.3 Å². The van der Waals surface area contributed by atoms with Crippen molar-refractivity contribution in [1.29, 1.82) is 0 Å². The Morgan fingerprint density at radius 2 is 1.55 bits per heavy atom. The molecular weight excluding hydrogens is 528 g/mol. The van der Waals surface area contributed by atoms with E-state index in [-0.39, 0.29) is 17.9 Å². The summed E-state index contributed by atoms with van der Waals surface area (Å²) in [6.07, 6.45) is 3.63. The number of rotatable bonds is 8. The number of H-pyrrole nitrogens is 1. The number of anilines is 1. The standard InChI is InChI=1S/C34H26N4O4/c39-32(37-30(34(41)42)20-25-21-35-28-14-8-7-13-27(25)28)24-15-17-26(18-16-24)38-31(23-11-5-2-6-12-23)36-29(33(38)40)19-22-9-3-1-4-10-22/h1-19,21,30,35H,20H2,(H,37,39)(H,41,42)/b29-19-. The number of aromatic amines is 1. The quantitative estimate of drug-likeness (QED) is 0.222. The fraction of sp³-hybridized carbons (Fsp3) is 0.0588. The van der Waals surface area contributed by atoms with Gasteiger partial charge in [-0.1, -0.05) is 78.9 Å². The summed E-state index contributed by atoms with van der Waals surface area (Å²) in [5, 5.41) is 13.4. The third-order valence-electron chi connectivity index (χ3n) is 7.09. The second-order valence-electron chi connectivity index (χ2n) is 9.86. The van der Waals surface area contributed by atoms with Crippen LogP contribution in [0.3, 0.4) is 0 Å². The maximum Gasteiger partial charge on any atom is 0.326 e. The highest BCUT2D eigenvalue weighted by atomic mass is 16.4. The van der Waals surface area contributed by atoms with Crippen LogP contribution in [0.15, 0.2) is 126 Å². The molecular formula is C34H26N4O4. The molecule has 0 saturated heterocycles. The fourth-order valence-electron chi connectivity index (χ4n) is 4.97. The third-order valence-corrected chi connectivity index (χ3v) is 7.09. The van der Waals surface area contributed by atoms with Crippen LogP contribution in [0.2, 0.25) is 0 Å². The van der Waals surface area contributed by atoms with Gasteiger partial charge in [0, 0.05) is 34.6 Å². The molecule has 42 heavy (non-hydrogen) atoms. The molecule has 1 aliphatic heterocycles. The number of carboxylic acid groups (broad SMARTS) is 1. The molecule has 0 fully saturated rings. The molecule has 0 bridgehead atoms. The summed E-state index contributed by atoms with van der Waals surface area (Å²) < 4.78 is 0. The van der Waals surface area contributed by atoms with Gasteiger partial charge in [-0.15, -0.1) is 0 Å². The highest BCUT2D eigenvalue weighted by Crippen LogP contribution is 2.28. The molecule has 3 N–H and O–H groups in total. The van der Waals surface area contributed by atoms with E-state index in [1.54, 1.807) is 36.5 Å². The topological polar surface area (TPSA) is 115 Å². The second-order valence-corrected chi connectivity index (χ2v) is 9.86. The Morgan fingerprint density at radius 3 is 2.26 bits per heavy atom. The minimum Gasteiger partial charge on any atom is -0.480 e. The van der Waals surface area contributed by atoms with E-state index in [1.165, 1.54) is 4.90 Å². The van der Waals surface area contributed by atoms with Crippen molar-refractivity contribution in [2.24, 2.45) is 4.99 Å². The van der Waals surface area contributed by atoms with Crippen molar-refractivity contribution in [3.05, 3.63) is 143 Å². The largest absolute Gasteiger partial charge is 0.480 e. The van der Waals surface area contributed by atoms with Gasteiger partial charge in [-0.2, -0.15) is 0 Å². The average molecular weight is 555 g/mol. The number of aromatic nitrogens is 1. The van der Waals surface area contributed by atoms with Crippen LogP contribution in [0.5, 0.6) is 0 Å². The maximum absolute atomic E-state index is 13.6. The zero-order valence-electron chi connectivity index (χ0n) is 22.4. The molecule has 0 aliphatic carbocycles. The van der Waals surface area contributed by atoms with Crippen molar-refractivity contribution in [3.8, 4) is 0 Å². The number of para-hydroxylation sites is 1. The van der Waals surface area contributed by atoms with Crippen LogP contribution in [0.25, 0.3) is 17.0 Å². The molecule has 4 aromatic carbocycles. The Morgan fingerprint density at radius 1 is 0.881 bits per heavy atom. The van der Waals surface area contributed by atoms with Crippen molar-refractivity contribution < 1.29 is 19.5 Å². The lowest BCUT2D eigenvalue weighted by atomic mass is 10.0. The molecule has 8 heteroatoms. The van der Waals surface area contributed by atoms with E-state index >= 15 is 0 Å². The van der Waals surface area contributed by atoms with Gasteiger partial charge in [-0.25, -0.2) is 9.79 Å². The summed E-state index contributed by atoms with van der Waals surface area (Å²) >= 11 is 0. The number of fused-ring (bicyclic) bond motifs is 1. The van der Waals surface area contributed by atoms with Crippen molar-refractivity contribution in [2.75, 3.05) is 4.90 Å². The Hall–Kier alpha value is -5.76. The second kappa shape index (κ2) is 11.4. The molecule has 8 nitrogen and oxygen atoms in total. The number of carboxylic acids is 1. The molecule has 1 unspecified atom stereocenters. The summed E-state index contributed by atoms with van der Waals surface area (Å²) in [6, 6.07) is 31.8. The Kier molecular flexibility index (Phi) is 7.17. The molecule has 5 aromatic rings. The van der Waals surface area contributed by atoms with Crippen LogP contribution in [-0.2, 0) is 16.0 Å². The number of amidine groups is 1. The number of nitrogens with one attached hydrogen (secondary N) is 2. The Bertz CT molecular complexity index is 1840. The van der Waals surface area contributed by atoms with E-state index in [0.717, 1.165) is 27.6 Å². The van der Waals surface area contributed by atoms with E-state index in [1.807, 2.05) is 84.9 Å². The van der Waals surface area contributed by atoms with Gasteiger partial charge >= 0.3 is 5.97 Å². The number of amides is 2. The van der Waals surface area contributed by atoms with E-state index in [4.69, 9.17) is 0 Å². The molecule has 1 atom stereocenters. The summed E-state index contributed by atoms with van der Waals surface area (Å²) in [5.41, 5.74) is 4.42. The van der Waals surface area contributed by atoms with Crippen molar-refractivity contribution in [2.45, 2.75) is 12.5 Å². The highest BCUT2D eigenvalue weighted by molar-refractivity contribution is 6.33. The lowest BCUT2D eigenvalue weighted by molar-refractivity contribution is -0.139. The van der Waals surface area contributed by atoms with Crippen LogP contribution in [0.4, 0.5) is 5.69 Å². The number of aliphatic imine (C=N–C) groups is 1. The van der Waals surface area contributed by atoms with E-state index in [2.05, 4.69) is 15.3 Å². The monoisotopic (exact) mass is 554 g/mol. The number of benzene rings is 4. The minimum absolute atomic E-state index is 0.124. The predicted octanol–water partition coefficient (Wildman–Crippen LogP) is 5.43. The summed E-state index contributed by atoms with van der Waals surface area (Å²) in [5.74, 6) is -1.47. The molecule has 6 rings (SSSR count). The number of hydrogen-bond acceptors (Lipinski definition) is 4. The SMILES string of the molecule is O=C(NC(Cc1c[nH]c2ccccc12)C(=O)O)c1ccc(N2C(=O)/C(=C/c3ccccc3)N=C2c2ccccc2)cc1. The van der Waals surface area contributed by atoms with Crippen LogP contribution in [0.1, 0.15) is 27.0 Å². The molecule has 0 radical (unpaired) electrons. The van der Waals surface area contributed by atoms with Gasteiger partial charge in [0.25, 0.3) is 11.8 Å². The summed E-state index contributed by atoms with van der Waals surface area (Å²) in [7, 11) is 0. The zero-order valence-corrected chi connectivity index (χ0v) is 22.4. The van der Waals surface area contributed by atoms with Gasteiger partial charge < -0.3 is 15.4 Å². The molecule has 2 heterocycles. The fourth-order valence-corrected chi connectivity index (χ4v) is 4.97. The van der Waals surface area contributed by atoms with E-state index < -0.39 is 17.9 Å². The molecule has 1 aliphatic rings. The first-order valence-electron chi connectivity index (χ1n) is 13.4. The molecule has 1 aromatic heterocycles. The van der Waals surface area contributed by atoms with Crippen molar-refractivity contribution in [1.82, 2.24) is 10.3 Å². The first-order valence-corrected chi connectivity index (χ1v) is 13.4. The Balaban J connectivity index is 1.24. The zero-order chi connectivity index (χ0) is 29.1. The third kappa shape index (κ3) is 5.33. The highest BCUT2D eigenvalue weighted by Gasteiger charge is 2.32. The summed E-state index contributed by atoms with van der Waals surface area (Å²) in [6.45, 7) is 0. The van der Waals surface area contributed by atoms with Gasteiger partial charge in [0.15, 0.2) is 0 Å². The normalized spacial score (nSPS) is 14.7. The smallest absolute Gasteiger partial charge is 0.326 e. The molecule has 0 spiro atoms. The van der Waals surface area contributed by atoms with E-state index in [9.17, 15) is 19.5 Å². The van der Waals surface area contributed by atoms with Crippen LogP contribution >= 0.6 is 0 Å². The number of aliphatic carboxylic acids is 1. The van der Waals surface area contributed by atoms with E-state index in [0.29, 0.717) is 17.2 Å². The van der Waals surface area contributed by atoms with Gasteiger partial charge in [-0.05, 0) is 47.5 Å². The van der Waals surface area contributed by atoms with Crippen LogP contribution < -0.4 is 10.2 Å². The van der Waals surface area contributed by atoms with Gasteiger partial charge in [0.2, 0.25) is 0 Å². The van der Waals surface area contributed by atoms with Crippen LogP contribution in [-0.4, -0.2) is 39.8 Å². The van der Waals surface area contributed by atoms with Gasteiger partial charge in [-0.3, -0.25) is 14.5 Å². The maximum atomic E-state index is 13.6. The van der Waals surface area contributed by atoms with Gasteiger partial charge in [0.05, 0.1) is 5.69 Å². The average Bonchev–Trinajstić information content (AvgIpc) is 3.58.